The van der Waals surface area contributed by atoms with Gasteiger partial charge in [-0.3, -0.25) is 9.59 Å². The van der Waals surface area contributed by atoms with Gasteiger partial charge in [0.15, 0.2) is 5.78 Å². The molecule has 1 amide bonds. The maximum Gasteiger partial charge on any atom is 0.220 e. The molecule has 0 spiro atoms. The third-order valence-electron chi connectivity index (χ3n) is 4.90. The molecule has 21 heavy (non-hydrogen) atoms. The van der Waals surface area contributed by atoms with Crippen LogP contribution in [0, 0.1) is 11.8 Å². The zero-order chi connectivity index (χ0) is 15.0. The number of rotatable bonds is 2. The molecule has 2 fully saturated rings. The Morgan fingerprint density at radius 1 is 1.29 bits per heavy atom. The smallest absolute Gasteiger partial charge is 0.220 e. The molecule has 0 radical (unpaired) electrons. The van der Waals surface area contributed by atoms with Crippen molar-refractivity contribution in [3.8, 4) is 0 Å². The highest BCUT2D eigenvalue weighted by molar-refractivity contribution is 8.02. The minimum Gasteiger partial charge on any atom is -0.369 e. The summed E-state index contributed by atoms with van der Waals surface area (Å²) < 4.78 is 0. The Morgan fingerprint density at radius 2 is 2.00 bits per heavy atom. The molecule has 1 aliphatic carbocycles. The lowest BCUT2D eigenvalue weighted by Crippen LogP contribution is -2.44. The second-order valence-electron chi connectivity index (χ2n) is 6.22. The van der Waals surface area contributed by atoms with Gasteiger partial charge in [-0.1, -0.05) is 0 Å². The van der Waals surface area contributed by atoms with Crippen LogP contribution in [0.25, 0.3) is 0 Å². The number of Topliss-reactive ketones (excluding diaryl/α,β-unsaturated/α-hetero) is 1. The van der Waals surface area contributed by atoms with Gasteiger partial charge in [-0.05, 0) is 37.5 Å². The van der Waals surface area contributed by atoms with Gasteiger partial charge in [-0.15, -0.1) is 23.4 Å². The second kappa shape index (κ2) is 6.21. The minimum absolute atomic E-state index is 0.0390. The van der Waals surface area contributed by atoms with Crippen molar-refractivity contribution in [2.45, 2.75) is 42.7 Å². The number of carbonyl (C=O) groups excluding carboxylic acids is 2. The number of fused-ring (bicyclic) bond motifs is 1. The van der Waals surface area contributed by atoms with Gasteiger partial charge in [0, 0.05) is 35.6 Å². The molecular weight excluding hydrogens is 308 g/mol. The molecule has 1 saturated heterocycles. The average molecular weight is 329 g/mol. The predicted molar refractivity (Wildman–Crippen MR) is 84.9 cm³/mol. The van der Waals surface area contributed by atoms with Crippen LogP contribution in [-0.2, 0) is 9.59 Å². The summed E-state index contributed by atoms with van der Waals surface area (Å²) in [5.41, 5.74) is 6.19. The van der Waals surface area contributed by atoms with E-state index in [1.165, 1.54) is 0 Å². The molecule has 0 aromatic heterocycles. The summed E-state index contributed by atoms with van der Waals surface area (Å²) in [6.45, 7) is 1.49. The van der Waals surface area contributed by atoms with Crippen molar-refractivity contribution in [1.82, 2.24) is 4.90 Å². The lowest BCUT2D eigenvalue weighted by atomic mass is 9.83. The molecule has 6 heteroatoms. The molecule has 4 nitrogen and oxygen atoms in total. The highest BCUT2D eigenvalue weighted by Gasteiger charge is 2.40. The van der Waals surface area contributed by atoms with E-state index in [0.29, 0.717) is 5.25 Å². The van der Waals surface area contributed by atoms with Crippen molar-refractivity contribution >= 4 is 35.1 Å². The van der Waals surface area contributed by atoms with E-state index in [0.717, 1.165) is 50.9 Å². The van der Waals surface area contributed by atoms with Crippen LogP contribution in [0.15, 0.2) is 11.1 Å². The number of likely N-dealkylation sites (tertiary alicyclic amines) is 1. The summed E-state index contributed by atoms with van der Waals surface area (Å²) in [6, 6.07) is 0. The largest absolute Gasteiger partial charge is 0.369 e. The van der Waals surface area contributed by atoms with E-state index < -0.39 is 0 Å². The first-order valence-electron chi connectivity index (χ1n) is 7.64. The molecule has 2 aliphatic heterocycles. The highest BCUT2D eigenvalue weighted by atomic mass is 35.5. The molecule has 3 unspecified atom stereocenters. The number of primary amides is 1. The maximum atomic E-state index is 12.7. The van der Waals surface area contributed by atoms with E-state index in [4.69, 9.17) is 17.3 Å². The fraction of sp³-hybridized carbons (Fsp3) is 0.733. The number of piperidine rings is 1. The van der Waals surface area contributed by atoms with Crippen molar-refractivity contribution in [3.63, 3.8) is 0 Å². The van der Waals surface area contributed by atoms with Crippen molar-refractivity contribution in [2.75, 3.05) is 13.1 Å². The van der Waals surface area contributed by atoms with Gasteiger partial charge in [0.2, 0.25) is 5.91 Å². The molecule has 3 atom stereocenters. The molecule has 116 valence electrons. The molecule has 0 aromatic rings. The first kappa shape index (κ1) is 15.2. The molecule has 0 bridgehead atoms. The van der Waals surface area contributed by atoms with Crippen LogP contribution < -0.4 is 5.73 Å². The monoisotopic (exact) mass is 328 g/mol. The number of nitrogens with two attached hydrogens (primary N) is 1. The number of carbonyl (C=O) groups is 2. The first-order chi connectivity index (χ1) is 10.1. The van der Waals surface area contributed by atoms with Gasteiger partial charge < -0.3 is 10.6 Å². The molecule has 1 saturated carbocycles. The number of allylic oxidation sites excluding steroid dienone is 1. The summed E-state index contributed by atoms with van der Waals surface area (Å²) >= 11 is 8.03. The number of halogens is 1. The van der Waals surface area contributed by atoms with E-state index in [2.05, 4.69) is 4.90 Å². The molecule has 3 aliphatic rings. The molecule has 2 N–H and O–H groups in total. The predicted octanol–water partition coefficient (Wildman–Crippen LogP) is 2.12. The van der Waals surface area contributed by atoms with Crippen LogP contribution in [0.2, 0.25) is 0 Å². The van der Waals surface area contributed by atoms with Gasteiger partial charge in [-0.2, -0.15) is 0 Å². The standard InChI is InChI=1S/C15H21ClN2O2S/c16-10-1-2-13-11(7-10)14(19)12(8-21-13)18-5-3-9(4-6-18)15(17)20/h8-11,13H,1-7H2,(H2,17,20). The van der Waals surface area contributed by atoms with Gasteiger partial charge in [0.05, 0.1) is 5.70 Å². The second-order valence-corrected chi connectivity index (χ2v) is 7.95. The normalized spacial score (nSPS) is 34.3. The van der Waals surface area contributed by atoms with Crippen LogP contribution in [0.1, 0.15) is 32.1 Å². The molecule has 0 aromatic carbocycles. The van der Waals surface area contributed by atoms with Crippen LogP contribution in [0.5, 0.6) is 0 Å². The van der Waals surface area contributed by atoms with Crippen LogP contribution in [-0.4, -0.2) is 40.3 Å². The van der Waals surface area contributed by atoms with Gasteiger partial charge >= 0.3 is 0 Å². The topological polar surface area (TPSA) is 63.4 Å². The van der Waals surface area contributed by atoms with Gasteiger partial charge in [0.1, 0.15) is 0 Å². The van der Waals surface area contributed by atoms with Crippen LogP contribution in [0.4, 0.5) is 0 Å². The van der Waals surface area contributed by atoms with Crippen molar-refractivity contribution in [1.29, 1.82) is 0 Å². The van der Waals surface area contributed by atoms with Crippen LogP contribution in [0.3, 0.4) is 0 Å². The fourth-order valence-corrected chi connectivity index (χ4v) is 5.15. The number of hydrogen-bond donors (Lipinski definition) is 1. The lowest BCUT2D eigenvalue weighted by molar-refractivity contribution is -0.123. The molecular formula is C15H21ClN2O2S. The summed E-state index contributed by atoms with van der Waals surface area (Å²) in [6.07, 6.45) is 4.33. The number of alkyl halides is 1. The third-order valence-corrected chi connectivity index (χ3v) is 6.57. The van der Waals surface area contributed by atoms with E-state index in [1.807, 2.05) is 5.41 Å². The Kier molecular flexibility index (Phi) is 4.50. The average Bonchev–Trinajstić information content (AvgIpc) is 2.48. The zero-order valence-electron chi connectivity index (χ0n) is 12.0. The van der Waals surface area contributed by atoms with Gasteiger partial charge in [-0.25, -0.2) is 0 Å². The Hall–Kier alpha value is -0.680. The Morgan fingerprint density at radius 3 is 2.67 bits per heavy atom. The Balaban J connectivity index is 1.67. The molecule has 3 rings (SSSR count). The highest BCUT2D eigenvalue weighted by Crippen LogP contribution is 2.42. The van der Waals surface area contributed by atoms with Crippen LogP contribution >= 0.6 is 23.4 Å². The summed E-state index contributed by atoms with van der Waals surface area (Å²) in [5.74, 6) is 0.0647. The summed E-state index contributed by atoms with van der Waals surface area (Å²) in [7, 11) is 0. The Labute approximate surface area is 134 Å². The number of amides is 1. The summed E-state index contributed by atoms with van der Waals surface area (Å²) in [5, 5.41) is 2.57. The minimum atomic E-state index is -0.217. The first-order valence-corrected chi connectivity index (χ1v) is 9.02. The third kappa shape index (κ3) is 3.09. The van der Waals surface area contributed by atoms with E-state index in [1.54, 1.807) is 11.8 Å². The van der Waals surface area contributed by atoms with E-state index >= 15 is 0 Å². The number of thioether (sulfide) groups is 1. The number of ketones is 1. The maximum absolute atomic E-state index is 12.7. The van der Waals surface area contributed by atoms with E-state index in [-0.39, 0.29) is 28.9 Å². The Bertz CT molecular complexity index is 474. The zero-order valence-corrected chi connectivity index (χ0v) is 13.5. The van der Waals surface area contributed by atoms with Crippen molar-refractivity contribution < 1.29 is 9.59 Å². The molecule has 2 heterocycles. The van der Waals surface area contributed by atoms with E-state index in [9.17, 15) is 9.59 Å². The SMILES string of the molecule is NC(=O)C1CCN(C2=CSC3CCC(Cl)CC3C2=O)CC1. The number of hydrogen-bond acceptors (Lipinski definition) is 4. The summed E-state index contributed by atoms with van der Waals surface area (Å²) in [4.78, 5) is 26.1. The van der Waals surface area contributed by atoms with Crippen molar-refractivity contribution in [3.05, 3.63) is 11.1 Å². The number of nitrogens with zero attached hydrogens (tertiary/aromatic N) is 1. The fourth-order valence-electron chi connectivity index (χ4n) is 3.57. The van der Waals surface area contributed by atoms with Crippen molar-refractivity contribution in [2.24, 2.45) is 17.6 Å². The lowest BCUT2D eigenvalue weighted by Gasteiger charge is -2.40. The van der Waals surface area contributed by atoms with Gasteiger partial charge in [0.25, 0.3) is 0 Å². The quantitative estimate of drug-likeness (QED) is 0.789.